The van der Waals surface area contributed by atoms with Crippen LogP contribution in [0.5, 0.6) is 0 Å². The Morgan fingerprint density at radius 1 is 1.20 bits per heavy atom. The van der Waals surface area contributed by atoms with E-state index in [4.69, 9.17) is 11.6 Å². The Morgan fingerprint density at radius 2 is 1.85 bits per heavy atom. The Labute approximate surface area is 127 Å². The lowest BCUT2D eigenvalue weighted by Gasteiger charge is -2.31. The molecule has 0 radical (unpaired) electrons. The highest BCUT2D eigenvalue weighted by molar-refractivity contribution is 6.18. The Balaban J connectivity index is 1.98. The molecule has 1 amide bonds. The first-order valence-electron chi connectivity index (χ1n) is 7.59. The van der Waals surface area contributed by atoms with Crippen LogP contribution >= 0.6 is 11.6 Å². The normalized spacial score (nSPS) is 22.5. The van der Waals surface area contributed by atoms with Gasteiger partial charge in [-0.2, -0.15) is 0 Å². The zero-order chi connectivity index (χ0) is 14.4. The molecule has 1 saturated carbocycles. The summed E-state index contributed by atoms with van der Waals surface area (Å²) in [6.45, 7) is 3.60. The van der Waals surface area contributed by atoms with Crippen molar-refractivity contribution >= 4 is 17.5 Å². The predicted molar refractivity (Wildman–Crippen MR) is 83.7 cm³/mol. The molecular formula is C17H24ClNO. The van der Waals surface area contributed by atoms with E-state index < -0.39 is 0 Å². The van der Waals surface area contributed by atoms with Crippen LogP contribution in [-0.2, 0) is 11.3 Å². The fourth-order valence-corrected chi connectivity index (χ4v) is 3.14. The highest BCUT2D eigenvalue weighted by atomic mass is 35.5. The van der Waals surface area contributed by atoms with E-state index in [1.54, 1.807) is 0 Å². The highest BCUT2D eigenvalue weighted by Gasteiger charge is 2.27. The molecule has 110 valence electrons. The van der Waals surface area contributed by atoms with Gasteiger partial charge in [-0.05, 0) is 37.2 Å². The number of nitrogens with zero attached hydrogens (tertiary/aromatic N) is 1. The number of hydrogen-bond acceptors (Lipinski definition) is 1. The number of amides is 1. The molecule has 0 atom stereocenters. The lowest BCUT2D eigenvalue weighted by molar-refractivity contribution is -0.137. The van der Waals surface area contributed by atoms with Crippen molar-refractivity contribution in [2.75, 3.05) is 12.4 Å². The maximum atomic E-state index is 12.7. The molecule has 2 nitrogen and oxygen atoms in total. The molecule has 1 aliphatic carbocycles. The van der Waals surface area contributed by atoms with E-state index in [0.717, 1.165) is 18.8 Å². The van der Waals surface area contributed by atoms with Crippen LogP contribution in [0, 0.1) is 11.8 Å². The molecule has 3 heteroatoms. The number of benzene rings is 1. The van der Waals surface area contributed by atoms with Crippen LogP contribution in [0.25, 0.3) is 0 Å². The number of alkyl halides is 1. The van der Waals surface area contributed by atoms with Crippen LogP contribution in [0.4, 0.5) is 0 Å². The first kappa shape index (κ1) is 15.4. The van der Waals surface area contributed by atoms with Crippen molar-refractivity contribution < 1.29 is 4.79 Å². The molecule has 0 N–H and O–H groups in total. The van der Waals surface area contributed by atoms with E-state index in [2.05, 4.69) is 19.1 Å². The van der Waals surface area contributed by atoms with Gasteiger partial charge in [-0.1, -0.05) is 37.3 Å². The Hall–Kier alpha value is -1.02. The van der Waals surface area contributed by atoms with Crippen molar-refractivity contribution in [1.29, 1.82) is 0 Å². The first-order chi connectivity index (χ1) is 9.70. The number of halogens is 1. The third-order valence-electron chi connectivity index (χ3n) is 4.25. The summed E-state index contributed by atoms with van der Waals surface area (Å²) in [4.78, 5) is 14.6. The summed E-state index contributed by atoms with van der Waals surface area (Å²) in [7, 11) is 0. The third kappa shape index (κ3) is 4.24. The SMILES string of the molecule is CC1CCC(C(=O)N(CCCl)Cc2ccccc2)CC1. The molecule has 0 heterocycles. The van der Waals surface area contributed by atoms with E-state index in [1.807, 2.05) is 23.1 Å². The van der Waals surface area contributed by atoms with Crippen molar-refractivity contribution in [3.05, 3.63) is 35.9 Å². The summed E-state index contributed by atoms with van der Waals surface area (Å²) in [6, 6.07) is 10.2. The Bertz CT molecular complexity index is 412. The monoisotopic (exact) mass is 293 g/mol. The van der Waals surface area contributed by atoms with Gasteiger partial charge in [-0.3, -0.25) is 4.79 Å². The average Bonchev–Trinajstić information content (AvgIpc) is 2.48. The van der Waals surface area contributed by atoms with E-state index in [9.17, 15) is 4.79 Å². The smallest absolute Gasteiger partial charge is 0.226 e. The summed E-state index contributed by atoms with van der Waals surface area (Å²) in [5.74, 6) is 1.77. The molecule has 20 heavy (non-hydrogen) atoms. The van der Waals surface area contributed by atoms with Crippen molar-refractivity contribution in [3.63, 3.8) is 0 Å². The topological polar surface area (TPSA) is 20.3 Å². The summed E-state index contributed by atoms with van der Waals surface area (Å²) in [5.41, 5.74) is 1.18. The standard InChI is InChI=1S/C17H24ClNO/c1-14-7-9-16(10-8-14)17(20)19(12-11-18)13-15-5-3-2-4-6-15/h2-6,14,16H,7-13H2,1H3. The molecule has 1 fully saturated rings. The Kier molecular flexibility index (Phi) is 5.90. The van der Waals surface area contributed by atoms with Gasteiger partial charge in [0.1, 0.15) is 0 Å². The number of carbonyl (C=O) groups excluding carboxylic acids is 1. The van der Waals surface area contributed by atoms with Gasteiger partial charge in [0.2, 0.25) is 5.91 Å². The van der Waals surface area contributed by atoms with Crippen LogP contribution in [-0.4, -0.2) is 23.2 Å². The van der Waals surface area contributed by atoms with Crippen molar-refractivity contribution in [2.24, 2.45) is 11.8 Å². The predicted octanol–water partition coefficient (Wildman–Crippen LogP) is 4.08. The number of hydrogen-bond donors (Lipinski definition) is 0. The van der Waals surface area contributed by atoms with Crippen molar-refractivity contribution in [2.45, 2.75) is 39.2 Å². The number of carbonyl (C=O) groups is 1. The molecule has 0 aromatic heterocycles. The molecule has 0 unspecified atom stereocenters. The second kappa shape index (κ2) is 7.68. The van der Waals surface area contributed by atoms with Crippen LogP contribution in [0.3, 0.4) is 0 Å². The summed E-state index contributed by atoms with van der Waals surface area (Å²) in [5, 5.41) is 0. The lowest BCUT2D eigenvalue weighted by atomic mass is 9.82. The minimum atomic E-state index is 0.207. The van der Waals surface area contributed by atoms with Gasteiger partial charge in [0.15, 0.2) is 0 Å². The Morgan fingerprint density at radius 3 is 2.45 bits per heavy atom. The maximum absolute atomic E-state index is 12.7. The van der Waals surface area contributed by atoms with Crippen LogP contribution < -0.4 is 0 Å². The second-order valence-corrected chi connectivity index (χ2v) is 6.27. The molecule has 1 aromatic carbocycles. The fourth-order valence-electron chi connectivity index (χ4n) is 2.94. The van der Waals surface area contributed by atoms with Crippen molar-refractivity contribution in [3.8, 4) is 0 Å². The molecule has 0 bridgehead atoms. The van der Waals surface area contributed by atoms with E-state index in [1.165, 1.54) is 18.4 Å². The third-order valence-corrected chi connectivity index (χ3v) is 4.42. The lowest BCUT2D eigenvalue weighted by Crippen LogP contribution is -2.38. The minimum absolute atomic E-state index is 0.207. The van der Waals surface area contributed by atoms with E-state index in [0.29, 0.717) is 24.9 Å². The molecular weight excluding hydrogens is 270 g/mol. The molecule has 0 saturated heterocycles. The van der Waals surface area contributed by atoms with Crippen LogP contribution in [0.2, 0.25) is 0 Å². The van der Waals surface area contributed by atoms with Gasteiger partial charge in [-0.15, -0.1) is 11.6 Å². The van der Waals surface area contributed by atoms with Crippen LogP contribution in [0.15, 0.2) is 30.3 Å². The number of rotatable bonds is 5. The zero-order valence-corrected chi connectivity index (χ0v) is 13.0. The minimum Gasteiger partial charge on any atom is -0.337 e. The van der Waals surface area contributed by atoms with Crippen LogP contribution in [0.1, 0.15) is 38.2 Å². The van der Waals surface area contributed by atoms with E-state index in [-0.39, 0.29) is 5.92 Å². The largest absolute Gasteiger partial charge is 0.337 e. The summed E-state index contributed by atoms with van der Waals surface area (Å²) >= 11 is 5.87. The van der Waals surface area contributed by atoms with Gasteiger partial charge < -0.3 is 4.90 Å². The van der Waals surface area contributed by atoms with Gasteiger partial charge in [0, 0.05) is 24.9 Å². The molecule has 1 aliphatic rings. The molecule has 0 spiro atoms. The highest BCUT2D eigenvalue weighted by Crippen LogP contribution is 2.29. The molecule has 1 aromatic rings. The van der Waals surface area contributed by atoms with Gasteiger partial charge >= 0.3 is 0 Å². The molecule has 2 rings (SSSR count). The van der Waals surface area contributed by atoms with Gasteiger partial charge in [0.25, 0.3) is 0 Å². The first-order valence-corrected chi connectivity index (χ1v) is 8.13. The zero-order valence-electron chi connectivity index (χ0n) is 12.2. The van der Waals surface area contributed by atoms with Gasteiger partial charge in [-0.25, -0.2) is 0 Å². The van der Waals surface area contributed by atoms with Crippen molar-refractivity contribution in [1.82, 2.24) is 4.90 Å². The van der Waals surface area contributed by atoms with Gasteiger partial charge in [0.05, 0.1) is 0 Å². The summed E-state index contributed by atoms with van der Waals surface area (Å²) < 4.78 is 0. The molecule has 0 aliphatic heterocycles. The second-order valence-electron chi connectivity index (χ2n) is 5.89. The maximum Gasteiger partial charge on any atom is 0.226 e. The fraction of sp³-hybridized carbons (Fsp3) is 0.588. The van der Waals surface area contributed by atoms with E-state index >= 15 is 0 Å². The quantitative estimate of drug-likeness (QED) is 0.749. The average molecular weight is 294 g/mol. The summed E-state index contributed by atoms with van der Waals surface area (Å²) in [6.07, 6.45) is 4.42.